The number of hydrogen-bond acceptors (Lipinski definition) is 3. The van der Waals surface area contributed by atoms with Gasteiger partial charge in [0, 0.05) is 16.7 Å². The molecule has 1 heterocycles. The topological polar surface area (TPSA) is 38.7 Å². The summed E-state index contributed by atoms with van der Waals surface area (Å²) in [6.07, 6.45) is 0. The highest BCUT2D eigenvalue weighted by Gasteiger charge is 2.25. The van der Waals surface area contributed by atoms with E-state index in [1.165, 1.54) is 11.1 Å². The van der Waals surface area contributed by atoms with Gasteiger partial charge >= 0.3 is 0 Å². The quantitative estimate of drug-likeness (QED) is 0.138. The molecule has 0 aliphatic rings. The summed E-state index contributed by atoms with van der Waals surface area (Å²) in [6.45, 7) is 0. The molecule has 310 valence electrons. The molecule has 10 aromatic carbocycles. The number of hydrogen-bond donors (Lipinski definition) is 0. The summed E-state index contributed by atoms with van der Waals surface area (Å²) in [5.41, 5.74) is 18.4. The third kappa shape index (κ3) is 8.02. The summed E-state index contributed by atoms with van der Waals surface area (Å²) in [5.74, 6) is 1.81. The lowest BCUT2D eigenvalue weighted by Crippen LogP contribution is -2.02. The molecule has 0 bridgehead atoms. The van der Waals surface area contributed by atoms with Crippen molar-refractivity contribution in [2.24, 2.45) is 0 Å². The van der Waals surface area contributed by atoms with Crippen molar-refractivity contribution in [3.8, 4) is 112 Å². The van der Waals surface area contributed by atoms with Crippen molar-refractivity contribution in [3.05, 3.63) is 261 Å². The van der Waals surface area contributed by atoms with E-state index in [9.17, 15) is 0 Å². The van der Waals surface area contributed by atoms with Gasteiger partial charge in [-0.05, 0) is 102 Å². The number of aromatic nitrogens is 3. The van der Waals surface area contributed by atoms with Crippen molar-refractivity contribution in [2.75, 3.05) is 0 Å². The summed E-state index contributed by atoms with van der Waals surface area (Å²) < 4.78 is 0. The first-order valence-electron chi connectivity index (χ1n) is 22.4. The van der Waals surface area contributed by atoms with Gasteiger partial charge in [0.05, 0.1) is 0 Å². The van der Waals surface area contributed by atoms with Crippen LogP contribution in [0.1, 0.15) is 0 Å². The Morgan fingerprint density at radius 1 is 0.167 bits per heavy atom. The first kappa shape index (κ1) is 40.0. The Kier molecular flexibility index (Phi) is 11.0. The zero-order chi connectivity index (χ0) is 44.1. The van der Waals surface area contributed by atoms with Gasteiger partial charge in [-0.2, -0.15) is 0 Å². The van der Waals surface area contributed by atoms with Gasteiger partial charge in [-0.25, -0.2) is 15.0 Å². The standard InChI is InChI=1S/C63H43N3/c1-8-24-44(25-9-1)51-40-52(42-53(41-51)62-64-61(50-36-20-7-21-37-50)65-63(66-62)55-39-23-22-38-54(55)45-26-10-2-11-27-45)57-43-56(46-28-12-3-13-29-46)58(47-30-14-4-15-31-47)60(49-34-18-6-19-35-49)59(57)48-32-16-5-17-33-48/h1-43H. The number of nitrogens with zero attached hydrogens (tertiary/aromatic N) is 3. The Morgan fingerprint density at radius 3 is 0.985 bits per heavy atom. The molecular weight excluding hydrogens is 799 g/mol. The minimum atomic E-state index is 0.592. The van der Waals surface area contributed by atoms with E-state index in [0.717, 1.165) is 83.5 Å². The second-order valence-electron chi connectivity index (χ2n) is 16.3. The summed E-state index contributed by atoms with van der Waals surface area (Å²) >= 11 is 0. The predicted molar refractivity (Wildman–Crippen MR) is 274 cm³/mol. The number of benzene rings is 10. The van der Waals surface area contributed by atoms with Crippen LogP contribution in [-0.2, 0) is 0 Å². The van der Waals surface area contributed by atoms with Gasteiger partial charge in [-0.3, -0.25) is 0 Å². The Balaban J connectivity index is 1.24. The molecule has 0 saturated heterocycles. The van der Waals surface area contributed by atoms with Gasteiger partial charge in [0.25, 0.3) is 0 Å². The maximum atomic E-state index is 5.40. The lowest BCUT2D eigenvalue weighted by Gasteiger charge is -2.25. The first-order valence-corrected chi connectivity index (χ1v) is 22.4. The minimum Gasteiger partial charge on any atom is -0.208 e. The highest BCUT2D eigenvalue weighted by atomic mass is 15.0. The minimum absolute atomic E-state index is 0.592. The van der Waals surface area contributed by atoms with Gasteiger partial charge in [0.15, 0.2) is 17.5 Å². The molecule has 0 saturated carbocycles. The van der Waals surface area contributed by atoms with Gasteiger partial charge in [-0.1, -0.05) is 237 Å². The van der Waals surface area contributed by atoms with Crippen LogP contribution in [0.5, 0.6) is 0 Å². The average Bonchev–Trinajstić information content (AvgIpc) is 3.41. The van der Waals surface area contributed by atoms with Crippen molar-refractivity contribution in [1.29, 1.82) is 0 Å². The van der Waals surface area contributed by atoms with E-state index < -0.39 is 0 Å². The molecule has 0 spiro atoms. The van der Waals surface area contributed by atoms with Crippen LogP contribution in [-0.4, -0.2) is 15.0 Å². The van der Waals surface area contributed by atoms with E-state index in [4.69, 9.17) is 15.0 Å². The lowest BCUT2D eigenvalue weighted by atomic mass is 9.78. The number of rotatable bonds is 10. The zero-order valence-corrected chi connectivity index (χ0v) is 36.2. The highest BCUT2D eigenvalue weighted by molar-refractivity contribution is 6.08. The Labute approximate surface area is 386 Å². The van der Waals surface area contributed by atoms with E-state index >= 15 is 0 Å². The van der Waals surface area contributed by atoms with Crippen molar-refractivity contribution in [3.63, 3.8) is 0 Å². The molecule has 11 aromatic rings. The summed E-state index contributed by atoms with van der Waals surface area (Å²) in [7, 11) is 0. The third-order valence-corrected chi connectivity index (χ3v) is 12.1. The fourth-order valence-electron chi connectivity index (χ4n) is 9.06. The maximum absolute atomic E-state index is 5.40. The van der Waals surface area contributed by atoms with Gasteiger partial charge < -0.3 is 0 Å². The molecule has 0 N–H and O–H groups in total. The molecule has 3 heteroatoms. The van der Waals surface area contributed by atoms with Crippen LogP contribution in [0.3, 0.4) is 0 Å². The van der Waals surface area contributed by atoms with E-state index in [2.05, 4.69) is 237 Å². The highest BCUT2D eigenvalue weighted by Crippen LogP contribution is 2.51. The summed E-state index contributed by atoms with van der Waals surface area (Å²) in [4.78, 5) is 15.9. The van der Waals surface area contributed by atoms with Crippen LogP contribution in [0.4, 0.5) is 0 Å². The second kappa shape index (κ2) is 18.1. The first-order chi connectivity index (χ1) is 32.7. The lowest BCUT2D eigenvalue weighted by molar-refractivity contribution is 1.07. The van der Waals surface area contributed by atoms with Gasteiger partial charge in [0.2, 0.25) is 0 Å². The smallest absolute Gasteiger partial charge is 0.164 e. The largest absolute Gasteiger partial charge is 0.208 e. The van der Waals surface area contributed by atoms with Crippen LogP contribution < -0.4 is 0 Å². The van der Waals surface area contributed by atoms with Crippen molar-refractivity contribution in [2.45, 2.75) is 0 Å². The monoisotopic (exact) mass is 841 g/mol. The second-order valence-corrected chi connectivity index (χ2v) is 16.3. The molecule has 0 amide bonds. The van der Waals surface area contributed by atoms with E-state index in [-0.39, 0.29) is 0 Å². The Morgan fingerprint density at radius 2 is 0.485 bits per heavy atom. The van der Waals surface area contributed by atoms with Crippen molar-refractivity contribution >= 4 is 0 Å². The molecular formula is C63H43N3. The fourth-order valence-corrected chi connectivity index (χ4v) is 9.06. The molecule has 11 rings (SSSR count). The van der Waals surface area contributed by atoms with Crippen molar-refractivity contribution in [1.82, 2.24) is 15.0 Å². The van der Waals surface area contributed by atoms with Crippen LogP contribution in [0.15, 0.2) is 261 Å². The molecule has 0 aliphatic heterocycles. The molecule has 0 fully saturated rings. The van der Waals surface area contributed by atoms with Crippen LogP contribution in [0.2, 0.25) is 0 Å². The van der Waals surface area contributed by atoms with E-state index in [1.807, 2.05) is 24.3 Å². The third-order valence-electron chi connectivity index (χ3n) is 12.1. The predicted octanol–water partition coefficient (Wildman–Crippen LogP) is 16.5. The molecule has 1 aromatic heterocycles. The summed E-state index contributed by atoms with van der Waals surface area (Å²) in [5, 5.41) is 0. The summed E-state index contributed by atoms with van der Waals surface area (Å²) in [6, 6.07) is 92.2. The van der Waals surface area contributed by atoms with Crippen LogP contribution >= 0.6 is 0 Å². The molecule has 66 heavy (non-hydrogen) atoms. The molecule has 0 unspecified atom stereocenters. The maximum Gasteiger partial charge on any atom is 0.164 e. The zero-order valence-electron chi connectivity index (χ0n) is 36.2. The van der Waals surface area contributed by atoms with E-state index in [0.29, 0.717) is 17.5 Å². The fraction of sp³-hybridized carbons (Fsp3) is 0. The average molecular weight is 842 g/mol. The molecule has 0 atom stereocenters. The molecule has 0 aliphatic carbocycles. The SMILES string of the molecule is c1ccc(-c2cc(-c3nc(-c4ccccc4)nc(-c4ccccc4-c4ccccc4)n3)cc(-c3cc(-c4ccccc4)c(-c4ccccc4)c(-c4ccccc4)c3-c3ccccc3)c2)cc1. The van der Waals surface area contributed by atoms with Crippen LogP contribution in [0, 0.1) is 0 Å². The van der Waals surface area contributed by atoms with E-state index in [1.54, 1.807) is 0 Å². The van der Waals surface area contributed by atoms with Gasteiger partial charge in [-0.15, -0.1) is 0 Å². The molecule has 3 nitrogen and oxygen atoms in total. The van der Waals surface area contributed by atoms with Crippen LogP contribution in [0.25, 0.3) is 112 Å². The molecule has 0 radical (unpaired) electrons. The normalized spacial score (nSPS) is 11.0. The Hall–Kier alpha value is -8.79. The van der Waals surface area contributed by atoms with Crippen molar-refractivity contribution < 1.29 is 0 Å². The van der Waals surface area contributed by atoms with Gasteiger partial charge in [0.1, 0.15) is 0 Å². The Bertz CT molecular complexity index is 3410.